The molecule has 0 aromatic heterocycles. The van der Waals surface area contributed by atoms with E-state index >= 15 is 0 Å². The average molecular weight is 250 g/mol. The van der Waals surface area contributed by atoms with Crippen molar-refractivity contribution in [2.75, 3.05) is 18.5 Å². The van der Waals surface area contributed by atoms with E-state index in [1.54, 1.807) is 6.92 Å². The molecular formula is C14H22N2O2. The summed E-state index contributed by atoms with van der Waals surface area (Å²) in [7, 11) is 1.85. The maximum atomic E-state index is 11.7. The van der Waals surface area contributed by atoms with Gasteiger partial charge in [0.15, 0.2) is 0 Å². The quantitative estimate of drug-likeness (QED) is 0.836. The summed E-state index contributed by atoms with van der Waals surface area (Å²) in [6.07, 6.45) is -0.545. The first-order chi connectivity index (χ1) is 8.41. The average Bonchev–Trinajstić information content (AvgIpc) is 2.27. The third kappa shape index (κ3) is 4.04. The Hall–Kier alpha value is -1.55. The third-order valence-electron chi connectivity index (χ3n) is 2.63. The maximum Gasteiger partial charge on any atom is 0.239 e. The van der Waals surface area contributed by atoms with Gasteiger partial charge in [0, 0.05) is 24.3 Å². The molecule has 100 valence electrons. The summed E-state index contributed by atoms with van der Waals surface area (Å²) in [5.41, 5.74) is 1.71. The number of rotatable bonds is 5. The number of hydrogen-bond donors (Lipinski definition) is 2. The molecule has 0 bridgehead atoms. The van der Waals surface area contributed by atoms with Gasteiger partial charge < -0.3 is 15.3 Å². The molecule has 0 heterocycles. The molecule has 0 fully saturated rings. The van der Waals surface area contributed by atoms with Gasteiger partial charge >= 0.3 is 0 Å². The van der Waals surface area contributed by atoms with E-state index in [9.17, 15) is 9.90 Å². The van der Waals surface area contributed by atoms with Crippen molar-refractivity contribution < 1.29 is 9.90 Å². The summed E-state index contributed by atoms with van der Waals surface area (Å²) in [6.45, 7) is 5.87. The van der Waals surface area contributed by atoms with Crippen LogP contribution in [0.25, 0.3) is 0 Å². The van der Waals surface area contributed by atoms with Crippen molar-refractivity contribution in [1.82, 2.24) is 5.32 Å². The van der Waals surface area contributed by atoms with Crippen LogP contribution in [0.3, 0.4) is 0 Å². The number of benzene rings is 1. The fourth-order valence-electron chi connectivity index (χ4n) is 1.86. The molecule has 2 N–H and O–H groups in total. The van der Waals surface area contributed by atoms with E-state index in [1.165, 1.54) is 0 Å². The smallest absolute Gasteiger partial charge is 0.239 e. The molecule has 0 radical (unpaired) electrons. The molecule has 0 unspecified atom stereocenters. The predicted molar refractivity (Wildman–Crippen MR) is 73.6 cm³/mol. The third-order valence-corrected chi connectivity index (χ3v) is 2.63. The van der Waals surface area contributed by atoms with Crippen LogP contribution in [0.1, 0.15) is 32.4 Å². The lowest BCUT2D eigenvalue weighted by molar-refractivity contribution is -0.120. The Kier molecular flexibility index (Phi) is 5.16. The Labute approximate surface area is 109 Å². The molecule has 1 rings (SSSR count). The Bertz CT molecular complexity index is 403. The van der Waals surface area contributed by atoms with Gasteiger partial charge in [-0.1, -0.05) is 18.2 Å². The number of hydrogen-bond acceptors (Lipinski definition) is 3. The maximum absolute atomic E-state index is 11.7. The van der Waals surface area contributed by atoms with Gasteiger partial charge in [0.1, 0.15) is 0 Å². The molecule has 0 saturated carbocycles. The van der Waals surface area contributed by atoms with Crippen LogP contribution >= 0.6 is 0 Å². The number of para-hydroxylation sites is 1. The highest BCUT2D eigenvalue weighted by Crippen LogP contribution is 2.24. The number of aliphatic hydroxyl groups excluding tert-OH is 1. The first-order valence-corrected chi connectivity index (χ1v) is 6.19. The second-order valence-corrected chi connectivity index (χ2v) is 4.81. The molecule has 1 amide bonds. The summed E-state index contributed by atoms with van der Waals surface area (Å²) in [5, 5.41) is 12.6. The number of anilines is 1. The van der Waals surface area contributed by atoms with Crippen LogP contribution < -0.4 is 10.2 Å². The molecule has 1 aromatic rings. The van der Waals surface area contributed by atoms with Crippen molar-refractivity contribution in [2.45, 2.75) is 32.9 Å². The first kappa shape index (κ1) is 14.5. The summed E-state index contributed by atoms with van der Waals surface area (Å²) in [5.74, 6) is -0.0205. The number of nitrogens with one attached hydrogen (secondary N) is 1. The summed E-state index contributed by atoms with van der Waals surface area (Å²) < 4.78 is 0. The lowest BCUT2D eigenvalue weighted by Crippen LogP contribution is -2.38. The minimum absolute atomic E-state index is 0.0205. The van der Waals surface area contributed by atoms with Gasteiger partial charge in [-0.05, 0) is 26.8 Å². The van der Waals surface area contributed by atoms with E-state index in [-0.39, 0.29) is 18.5 Å². The second-order valence-electron chi connectivity index (χ2n) is 4.81. The Balaban J connectivity index is 2.78. The number of carbonyl (C=O) groups excluding carboxylic acids is 1. The lowest BCUT2D eigenvalue weighted by Gasteiger charge is -2.23. The van der Waals surface area contributed by atoms with Crippen LogP contribution in [-0.4, -0.2) is 30.6 Å². The van der Waals surface area contributed by atoms with Gasteiger partial charge in [-0.2, -0.15) is 0 Å². The van der Waals surface area contributed by atoms with Crippen molar-refractivity contribution in [2.24, 2.45) is 0 Å². The molecule has 1 atom stereocenters. The zero-order valence-corrected chi connectivity index (χ0v) is 11.5. The predicted octanol–water partition coefficient (Wildman–Crippen LogP) is 1.70. The highest BCUT2D eigenvalue weighted by Gasteiger charge is 2.13. The van der Waals surface area contributed by atoms with Crippen molar-refractivity contribution in [3.63, 3.8) is 0 Å². The summed E-state index contributed by atoms with van der Waals surface area (Å²) >= 11 is 0. The van der Waals surface area contributed by atoms with E-state index < -0.39 is 6.10 Å². The molecular weight excluding hydrogens is 228 g/mol. The van der Waals surface area contributed by atoms with Crippen molar-refractivity contribution in [1.29, 1.82) is 0 Å². The number of nitrogens with zero attached hydrogens (tertiary/aromatic N) is 1. The minimum Gasteiger partial charge on any atom is -0.389 e. The zero-order valence-electron chi connectivity index (χ0n) is 11.5. The van der Waals surface area contributed by atoms with Crippen molar-refractivity contribution >= 4 is 11.6 Å². The molecule has 0 aliphatic rings. The van der Waals surface area contributed by atoms with Crippen LogP contribution in [0.2, 0.25) is 0 Å². The number of amides is 1. The fourth-order valence-corrected chi connectivity index (χ4v) is 1.86. The van der Waals surface area contributed by atoms with E-state index in [1.807, 2.05) is 50.1 Å². The van der Waals surface area contributed by atoms with E-state index in [4.69, 9.17) is 0 Å². The molecule has 4 heteroatoms. The van der Waals surface area contributed by atoms with Gasteiger partial charge in [-0.3, -0.25) is 4.79 Å². The van der Waals surface area contributed by atoms with Crippen LogP contribution in [0.5, 0.6) is 0 Å². The normalized spacial score (nSPS) is 12.3. The van der Waals surface area contributed by atoms with Gasteiger partial charge in [0.05, 0.1) is 12.6 Å². The van der Waals surface area contributed by atoms with E-state index in [0.717, 1.165) is 11.3 Å². The number of carbonyl (C=O) groups is 1. The highest BCUT2D eigenvalue weighted by molar-refractivity contribution is 5.81. The van der Waals surface area contributed by atoms with Gasteiger partial charge in [-0.25, -0.2) is 0 Å². The second kappa shape index (κ2) is 6.40. The Morgan fingerprint density at radius 1 is 1.33 bits per heavy atom. The van der Waals surface area contributed by atoms with Crippen LogP contribution in [-0.2, 0) is 4.79 Å². The number of likely N-dealkylation sites (N-methyl/N-ethyl adjacent to an activating group) is 1. The first-order valence-electron chi connectivity index (χ1n) is 6.19. The zero-order chi connectivity index (χ0) is 13.7. The molecule has 1 aromatic carbocycles. The Morgan fingerprint density at radius 3 is 2.50 bits per heavy atom. The lowest BCUT2D eigenvalue weighted by atomic mass is 10.1. The highest BCUT2D eigenvalue weighted by atomic mass is 16.3. The molecule has 0 aliphatic heterocycles. The monoisotopic (exact) mass is 250 g/mol. The van der Waals surface area contributed by atoms with Gasteiger partial charge in [-0.15, -0.1) is 0 Å². The SMILES string of the molecule is CC(C)NC(=O)CN(C)c1ccccc1[C@@H](C)O. The Morgan fingerprint density at radius 2 is 1.94 bits per heavy atom. The molecule has 4 nitrogen and oxygen atoms in total. The van der Waals surface area contributed by atoms with Crippen molar-refractivity contribution in [3.05, 3.63) is 29.8 Å². The number of aliphatic hydroxyl groups is 1. The largest absolute Gasteiger partial charge is 0.389 e. The van der Waals surface area contributed by atoms with Crippen LogP contribution in [0.15, 0.2) is 24.3 Å². The molecule has 0 spiro atoms. The molecule has 0 saturated heterocycles. The van der Waals surface area contributed by atoms with Gasteiger partial charge in [0.2, 0.25) is 5.91 Å². The van der Waals surface area contributed by atoms with E-state index in [0.29, 0.717) is 0 Å². The van der Waals surface area contributed by atoms with Crippen molar-refractivity contribution in [3.8, 4) is 0 Å². The topological polar surface area (TPSA) is 52.6 Å². The van der Waals surface area contributed by atoms with Crippen LogP contribution in [0.4, 0.5) is 5.69 Å². The minimum atomic E-state index is -0.545. The summed E-state index contributed by atoms with van der Waals surface area (Å²) in [4.78, 5) is 13.6. The standard InChI is InChI=1S/C14H22N2O2/c1-10(2)15-14(18)9-16(4)13-8-6-5-7-12(13)11(3)17/h5-8,10-11,17H,9H2,1-4H3,(H,15,18)/t11-/m1/s1. The van der Waals surface area contributed by atoms with E-state index in [2.05, 4.69) is 5.32 Å². The van der Waals surface area contributed by atoms with Gasteiger partial charge in [0.25, 0.3) is 0 Å². The fraction of sp³-hybridized carbons (Fsp3) is 0.500. The summed E-state index contributed by atoms with van der Waals surface area (Å²) in [6, 6.07) is 7.70. The van der Waals surface area contributed by atoms with Crippen LogP contribution in [0, 0.1) is 0 Å². The molecule has 0 aliphatic carbocycles. The molecule has 18 heavy (non-hydrogen) atoms.